The Morgan fingerprint density at radius 3 is 2.19 bits per heavy atom. The largest absolute Gasteiger partial charge is 0.454 e. The third-order valence-corrected chi connectivity index (χ3v) is 4.65. The highest BCUT2D eigenvalue weighted by Crippen LogP contribution is 2.34. The van der Waals surface area contributed by atoms with Crippen molar-refractivity contribution in [3.63, 3.8) is 0 Å². The Balaban J connectivity index is 1.50. The summed E-state index contributed by atoms with van der Waals surface area (Å²) in [4.78, 5) is 23.8. The average molecular weight is 376 g/mol. The molecule has 0 saturated heterocycles. The van der Waals surface area contributed by atoms with Crippen LogP contribution in [0.1, 0.15) is 71.1 Å². The van der Waals surface area contributed by atoms with Crippen LogP contribution in [0.5, 0.6) is 11.5 Å². The van der Waals surface area contributed by atoms with Crippen LogP contribution in [0.4, 0.5) is 5.69 Å². The monoisotopic (exact) mass is 376 g/mol. The van der Waals surface area contributed by atoms with E-state index in [0.29, 0.717) is 23.7 Å². The van der Waals surface area contributed by atoms with Crippen LogP contribution in [-0.2, 0) is 9.59 Å². The van der Waals surface area contributed by atoms with Gasteiger partial charge in [0.15, 0.2) is 11.5 Å². The second-order valence-corrected chi connectivity index (χ2v) is 6.96. The first-order valence-corrected chi connectivity index (χ1v) is 10.2. The van der Waals surface area contributed by atoms with Gasteiger partial charge >= 0.3 is 11.8 Å². The summed E-state index contributed by atoms with van der Waals surface area (Å²) in [6, 6.07) is 5.04. The van der Waals surface area contributed by atoms with Crippen molar-refractivity contribution in [1.29, 1.82) is 0 Å². The first kappa shape index (κ1) is 21.1. The lowest BCUT2D eigenvalue weighted by Crippen LogP contribution is -2.35. The summed E-state index contributed by atoms with van der Waals surface area (Å²) in [6.45, 7) is 2.94. The van der Waals surface area contributed by atoms with Crippen molar-refractivity contribution < 1.29 is 19.1 Å². The van der Waals surface area contributed by atoms with Gasteiger partial charge in [-0.3, -0.25) is 9.59 Å². The molecule has 27 heavy (non-hydrogen) atoms. The van der Waals surface area contributed by atoms with Crippen molar-refractivity contribution >= 4 is 17.5 Å². The summed E-state index contributed by atoms with van der Waals surface area (Å²) >= 11 is 0. The Morgan fingerprint density at radius 1 is 0.852 bits per heavy atom. The Morgan fingerprint density at radius 2 is 1.48 bits per heavy atom. The van der Waals surface area contributed by atoms with Gasteiger partial charge in [-0.25, -0.2) is 0 Å². The molecule has 150 valence electrons. The standard InChI is InChI=1S/C21H32N2O4/c1-2-3-4-5-6-7-8-9-10-11-14-22-20(24)21(25)23-17-12-13-18-19(15-17)27-16-26-18/h12-13,15H,2-11,14,16H2,1H3,(H,22,24)(H,23,25). The molecular formula is C21H32N2O4. The lowest BCUT2D eigenvalue weighted by molar-refractivity contribution is -0.136. The number of hydrogen-bond acceptors (Lipinski definition) is 4. The number of amides is 2. The Labute approximate surface area is 162 Å². The van der Waals surface area contributed by atoms with Gasteiger partial charge in [0.25, 0.3) is 0 Å². The molecule has 0 unspecified atom stereocenters. The van der Waals surface area contributed by atoms with Crippen molar-refractivity contribution in [2.45, 2.75) is 71.1 Å². The number of unbranched alkanes of at least 4 members (excludes halogenated alkanes) is 9. The number of anilines is 1. The van der Waals surface area contributed by atoms with Gasteiger partial charge in [-0.1, -0.05) is 64.7 Å². The van der Waals surface area contributed by atoms with Gasteiger partial charge in [0.2, 0.25) is 6.79 Å². The minimum absolute atomic E-state index is 0.173. The van der Waals surface area contributed by atoms with Crippen LogP contribution in [0.3, 0.4) is 0 Å². The van der Waals surface area contributed by atoms with E-state index in [9.17, 15) is 9.59 Å². The first-order chi connectivity index (χ1) is 13.2. The van der Waals surface area contributed by atoms with E-state index in [1.807, 2.05) is 0 Å². The maximum atomic E-state index is 11.9. The zero-order valence-electron chi connectivity index (χ0n) is 16.4. The molecule has 1 aliphatic heterocycles. The summed E-state index contributed by atoms with van der Waals surface area (Å²) in [5, 5.41) is 5.25. The van der Waals surface area contributed by atoms with Crippen molar-refractivity contribution in [2.75, 3.05) is 18.7 Å². The molecule has 0 fully saturated rings. The number of hydrogen-bond donors (Lipinski definition) is 2. The van der Waals surface area contributed by atoms with E-state index in [2.05, 4.69) is 17.6 Å². The predicted molar refractivity (Wildman–Crippen MR) is 106 cm³/mol. The van der Waals surface area contributed by atoms with Gasteiger partial charge in [-0.05, 0) is 18.6 Å². The molecule has 0 spiro atoms. The zero-order valence-corrected chi connectivity index (χ0v) is 16.4. The van der Waals surface area contributed by atoms with Crippen LogP contribution in [0, 0.1) is 0 Å². The highest BCUT2D eigenvalue weighted by Gasteiger charge is 2.17. The zero-order chi connectivity index (χ0) is 19.3. The van der Waals surface area contributed by atoms with E-state index in [1.165, 1.54) is 51.4 Å². The second kappa shape index (κ2) is 12.2. The molecule has 1 heterocycles. The highest BCUT2D eigenvalue weighted by molar-refractivity contribution is 6.39. The fourth-order valence-electron chi connectivity index (χ4n) is 3.06. The molecular weight excluding hydrogens is 344 g/mol. The maximum Gasteiger partial charge on any atom is 0.313 e. The topological polar surface area (TPSA) is 76.7 Å². The summed E-state index contributed by atoms with van der Waals surface area (Å²) in [7, 11) is 0. The van der Waals surface area contributed by atoms with Crippen molar-refractivity contribution in [1.82, 2.24) is 5.32 Å². The van der Waals surface area contributed by atoms with E-state index in [-0.39, 0.29) is 6.79 Å². The molecule has 0 aromatic heterocycles. The average Bonchev–Trinajstić information content (AvgIpc) is 3.13. The van der Waals surface area contributed by atoms with Crippen molar-refractivity contribution in [2.24, 2.45) is 0 Å². The van der Waals surface area contributed by atoms with E-state index < -0.39 is 11.8 Å². The van der Waals surface area contributed by atoms with E-state index in [4.69, 9.17) is 9.47 Å². The minimum Gasteiger partial charge on any atom is -0.454 e. The van der Waals surface area contributed by atoms with E-state index in [0.717, 1.165) is 12.8 Å². The number of benzene rings is 1. The Hall–Kier alpha value is -2.24. The quantitative estimate of drug-likeness (QED) is 0.419. The van der Waals surface area contributed by atoms with Gasteiger partial charge in [0, 0.05) is 18.3 Å². The molecule has 0 atom stereocenters. The van der Waals surface area contributed by atoms with Crippen LogP contribution in [0.2, 0.25) is 0 Å². The molecule has 0 radical (unpaired) electrons. The fraction of sp³-hybridized carbons (Fsp3) is 0.619. The van der Waals surface area contributed by atoms with Crippen LogP contribution in [0.15, 0.2) is 18.2 Å². The summed E-state index contributed by atoms with van der Waals surface area (Å²) in [5.74, 6) is -0.0680. The Kier molecular flexibility index (Phi) is 9.52. The van der Waals surface area contributed by atoms with Crippen LogP contribution in [-0.4, -0.2) is 25.2 Å². The number of ether oxygens (including phenoxy) is 2. The van der Waals surface area contributed by atoms with Crippen molar-refractivity contribution in [3.8, 4) is 11.5 Å². The smallest absolute Gasteiger partial charge is 0.313 e. The summed E-state index contributed by atoms with van der Waals surface area (Å²) in [6.07, 6.45) is 12.4. The van der Waals surface area contributed by atoms with E-state index >= 15 is 0 Å². The number of rotatable bonds is 12. The summed E-state index contributed by atoms with van der Waals surface area (Å²) < 4.78 is 10.5. The van der Waals surface area contributed by atoms with Crippen molar-refractivity contribution in [3.05, 3.63) is 18.2 Å². The first-order valence-electron chi connectivity index (χ1n) is 10.2. The van der Waals surface area contributed by atoms with Crippen LogP contribution >= 0.6 is 0 Å². The minimum atomic E-state index is -0.666. The van der Waals surface area contributed by atoms with Crippen LogP contribution in [0.25, 0.3) is 0 Å². The molecule has 0 saturated carbocycles. The summed E-state index contributed by atoms with van der Waals surface area (Å²) in [5.41, 5.74) is 0.512. The molecule has 0 bridgehead atoms. The maximum absolute atomic E-state index is 11.9. The lowest BCUT2D eigenvalue weighted by atomic mass is 10.1. The number of fused-ring (bicyclic) bond motifs is 1. The van der Waals surface area contributed by atoms with Crippen LogP contribution < -0.4 is 20.1 Å². The molecule has 2 rings (SSSR count). The highest BCUT2D eigenvalue weighted by atomic mass is 16.7. The molecule has 1 aliphatic rings. The van der Waals surface area contributed by atoms with Gasteiger partial charge in [0.1, 0.15) is 0 Å². The third kappa shape index (κ3) is 7.89. The molecule has 2 N–H and O–H groups in total. The number of carbonyl (C=O) groups is 2. The van der Waals surface area contributed by atoms with Gasteiger partial charge in [-0.15, -0.1) is 0 Å². The normalized spacial score (nSPS) is 12.0. The van der Waals surface area contributed by atoms with Gasteiger partial charge in [0.05, 0.1) is 0 Å². The fourth-order valence-corrected chi connectivity index (χ4v) is 3.06. The SMILES string of the molecule is CCCCCCCCCCCCNC(=O)C(=O)Nc1ccc2c(c1)OCO2. The number of carbonyl (C=O) groups excluding carboxylic acids is 2. The molecule has 2 amide bonds. The second-order valence-electron chi connectivity index (χ2n) is 6.96. The Bertz CT molecular complexity index is 604. The molecule has 6 heteroatoms. The lowest BCUT2D eigenvalue weighted by Gasteiger charge is -2.07. The van der Waals surface area contributed by atoms with Gasteiger partial charge < -0.3 is 20.1 Å². The van der Waals surface area contributed by atoms with Gasteiger partial charge in [-0.2, -0.15) is 0 Å². The third-order valence-electron chi connectivity index (χ3n) is 4.65. The number of nitrogens with one attached hydrogen (secondary N) is 2. The molecule has 1 aromatic carbocycles. The molecule has 0 aliphatic carbocycles. The van der Waals surface area contributed by atoms with E-state index in [1.54, 1.807) is 18.2 Å². The predicted octanol–water partition coefficient (Wildman–Crippen LogP) is 4.39. The molecule has 1 aromatic rings. The molecule has 6 nitrogen and oxygen atoms in total.